The summed E-state index contributed by atoms with van der Waals surface area (Å²) in [6.45, 7) is 0.713. The van der Waals surface area contributed by atoms with Gasteiger partial charge in [0.2, 0.25) is 0 Å². The van der Waals surface area contributed by atoms with Gasteiger partial charge in [-0.2, -0.15) is 0 Å². The van der Waals surface area contributed by atoms with Crippen LogP contribution in [0.4, 0.5) is 0 Å². The van der Waals surface area contributed by atoms with E-state index in [2.05, 4.69) is 48.5 Å². The van der Waals surface area contributed by atoms with Gasteiger partial charge in [-0.3, -0.25) is 0 Å². The van der Waals surface area contributed by atoms with Gasteiger partial charge in [0.1, 0.15) is 24.7 Å². The van der Waals surface area contributed by atoms with Gasteiger partial charge in [-0.05, 0) is 84.7 Å². The van der Waals surface area contributed by atoms with Crippen LogP contribution >= 0.6 is 0 Å². The van der Waals surface area contributed by atoms with Crippen LogP contribution in [0.5, 0.6) is 11.5 Å². The van der Waals surface area contributed by atoms with E-state index < -0.39 is 0 Å². The molecule has 3 atom stereocenters. The first-order chi connectivity index (χ1) is 14.7. The molecule has 4 nitrogen and oxygen atoms in total. The number of fused-ring (bicyclic) bond motifs is 1. The third-order valence-corrected chi connectivity index (χ3v) is 8.10. The summed E-state index contributed by atoms with van der Waals surface area (Å²) in [5.41, 5.74) is 3.33. The first-order valence-electron chi connectivity index (χ1n) is 11.4. The third-order valence-electron chi connectivity index (χ3n) is 8.10. The summed E-state index contributed by atoms with van der Waals surface area (Å²) in [5, 5.41) is 18.1. The molecule has 0 amide bonds. The highest BCUT2D eigenvalue weighted by molar-refractivity contribution is 5.47. The van der Waals surface area contributed by atoms with Crippen LogP contribution in [0, 0.1) is 17.3 Å². The van der Waals surface area contributed by atoms with Crippen molar-refractivity contribution in [3.05, 3.63) is 59.7 Å². The van der Waals surface area contributed by atoms with Crippen molar-refractivity contribution in [1.82, 2.24) is 0 Å². The van der Waals surface area contributed by atoms with Crippen molar-refractivity contribution in [2.24, 2.45) is 17.3 Å². The second-order valence-electron chi connectivity index (χ2n) is 9.43. The van der Waals surface area contributed by atoms with Crippen molar-refractivity contribution in [1.29, 1.82) is 0 Å². The zero-order valence-corrected chi connectivity index (χ0v) is 17.6. The van der Waals surface area contributed by atoms with E-state index in [0.717, 1.165) is 17.4 Å². The van der Waals surface area contributed by atoms with Gasteiger partial charge < -0.3 is 19.7 Å². The molecule has 1 spiro atoms. The fourth-order valence-corrected chi connectivity index (χ4v) is 7.01. The smallest absolute Gasteiger partial charge is 0.119 e. The number of ether oxygens (including phenoxy) is 2. The summed E-state index contributed by atoms with van der Waals surface area (Å²) in [4.78, 5) is 0. The Kier molecular flexibility index (Phi) is 5.24. The maximum atomic E-state index is 9.03. The lowest BCUT2D eigenvalue weighted by atomic mass is 9.60. The average Bonchev–Trinajstić information content (AvgIpc) is 3.44. The molecule has 3 aliphatic carbocycles. The Balaban J connectivity index is 1.51. The minimum atomic E-state index is 0.0301. The van der Waals surface area contributed by atoms with Gasteiger partial charge in [-0.25, -0.2) is 0 Å². The number of aliphatic hydroxyl groups excluding tert-OH is 2. The summed E-state index contributed by atoms with van der Waals surface area (Å²) in [6.07, 6.45) is 8.10. The molecular weight excluding hydrogens is 376 g/mol. The number of hydrogen-bond donors (Lipinski definition) is 2. The fourth-order valence-electron chi connectivity index (χ4n) is 7.01. The Morgan fingerprint density at radius 3 is 1.90 bits per heavy atom. The van der Waals surface area contributed by atoms with Gasteiger partial charge in [-0.15, -0.1) is 0 Å². The highest BCUT2D eigenvalue weighted by Gasteiger charge is 2.64. The molecule has 0 heterocycles. The standard InChI is InChI=1S/C26H32O4/c27-12-14-29-23-7-3-19(4-8-23)26(20-5-9-24(10-6-20)30-15-13-28)18-25-11-1-2-21(25)16-22(26)17-25/h3-10,21-22,27-28H,1-2,11-18H2. The lowest BCUT2D eigenvalue weighted by molar-refractivity contribution is 0.179. The van der Waals surface area contributed by atoms with Gasteiger partial charge in [-0.1, -0.05) is 30.7 Å². The predicted molar refractivity (Wildman–Crippen MR) is 116 cm³/mol. The number of hydrogen-bond acceptors (Lipinski definition) is 4. The third kappa shape index (κ3) is 3.12. The monoisotopic (exact) mass is 408 g/mol. The SMILES string of the molecule is OCCOc1ccc(C2(c3ccc(OCCO)cc3)CC34CCCC3CC2C4)cc1. The predicted octanol–water partition coefficient (Wildman–Crippen LogP) is 4.32. The molecule has 160 valence electrons. The molecule has 3 aliphatic rings. The quantitative estimate of drug-likeness (QED) is 0.683. The summed E-state index contributed by atoms with van der Waals surface area (Å²) in [6, 6.07) is 17.2. The number of rotatable bonds is 8. The largest absolute Gasteiger partial charge is 0.491 e. The zero-order valence-electron chi connectivity index (χ0n) is 17.6. The first-order valence-corrected chi connectivity index (χ1v) is 11.4. The number of benzene rings is 2. The molecule has 2 aromatic rings. The van der Waals surface area contributed by atoms with Crippen LogP contribution < -0.4 is 9.47 Å². The lowest BCUT2D eigenvalue weighted by Crippen LogP contribution is -2.38. The molecule has 3 fully saturated rings. The van der Waals surface area contributed by atoms with Gasteiger partial charge in [0.05, 0.1) is 13.2 Å². The van der Waals surface area contributed by atoms with Crippen LogP contribution in [0.2, 0.25) is 0 Å². The minimum Gasteiger partial charge on any atom is -0.491 e. The van der Waals surface area contributed by atoms with Crippen LogP contribution in [-0.2, 0) is 5.41 Å². The molecule has 0 radical (unpaired) electrons. The van der Waals surface area contributed by atoms with E-state index in [0.29, 0.717) is 24.5 Å². The molecule has 2 bridgehead atoms. The van der Waals surface area contributed by atoms with Crippen LogP contribution in [0.15, 0.2) is 48.5 Å². The molecule has 0 aromatic heterocycles. The topological polar surface area (TPSA) is 58.9 Å². The van der Waals surface area contributed by atoms with Crippen molar-refractivity contribution in [3.8, 4) is 11.5 Å². The van der Waals surface area contributed by atoms with Crippen molar-refractivity contribution >= 4 is 0 Å². The molecule has 0 aliphatic heterocycles. The first kappa shape index (κ1) is 19.9. The minimum absolute atomic E-state index is 0.0301. The summed E-state index contributed by atoms with van der Waals surface area (Å²) < 4.78 is 11.2. The van der Waals surface area contributed by atoms with Gasteiger partial charge in [0.15, 0.2) is 0 Å². The molecule has 2 N–H and O–H groups in total. The van der Waals surface area contributed by atoms with E-state index in [-0.39, 0.29) is 18.6 Å². The number of aliphatic hydroxyl groups is 2. The Morgan fingerprint density at radius 2 is 1.37 bits per heavy atom. The molecule has 30 heavy (non-hydrogen) atoms. The average molecular weight is 409 g/mol. The van der Waals surface area contributed by atoms with Crippen molar-refractivity contribution in [2.45, 2.75) is 43.9 Å². The van der Waals surface area contributed by atoms with Crippen LogP contribution in [0.1, 0.15) is 49.7 Å². The maximum Gasteiger partial charge on any atom is 0.119 e. The summed E-state index contributed by atoms with van der Waals surface area (Å²) in [5.74, 6) is 3.22. The Bertz CT molecular complexity index is 808. The maximum absolute atomic E-state index is 9.03. The normalized spacial score (nSPS) is 28.5. The molecule has 5 rings (SSSR count). The van der Waals surface area contributed by atoms with Gasteiger partial charge in [0.25, 0.3) is 0 Å². The summed E-state index contributed by atoms with van der Waals surface area (Å²) >= 11 is 0. The lowest BCUT2D eigenvalue weighted by Gasteiger charge is -2.43. The Labute approximate surface area is 178 Å². The molecular formula is C26H32O4. The highest BCUT2D eigenvalue weighted by Crippen LogP contribution is 2.72. The van der Waals surface area contributed by atoms with E-state index in [9.17, 15) is 0 Å². The molecule has 0 saturated heterocycles. The van der Waals surface area contributed by atoms with Crippen molar-refractivity contribution in [2.75, 3.05) is 26.4 Å². The van der Waals surface area contributed by atoms with E-state index >= 15 is 0 Å². The van der Waals surface area contributed by atoms with Gasteiger partial charge >= 0.3 is 0 Å². The van der Waals surface area contributed by atoms with Crippen LogP contribution in [0.25, 0.3) is 0 Å². The molecule has 3 unspecified atom stereocenters. The fraction of sp³-hybridized carbons (Fsp3) is 0.538. The van der Waals surface area contributed by atoms with E-state index in [1.54, 1.807) is 0 Å². The van der Waals surface area contributed by atoms with Crippen LogP contribution in [0.3, 0.4) is 0 Å². The van der Waals surface area contributed by atoms with Crippen LogP contribution in [-0.4, -0.2) is 36.6 Å². The summed E-state index contributed by atoms with van der Waals surface area (Å²) in [7, 11) is 0. The second kappa shape index (κ2) is 7.90. The molecule has 4 heteroatoms. The Hall–Kier alpha value is -2.04. The zero-order chi connectivity index (χ0) is 20.6. The highest BCUT2D eigenvalue weighted by atomic mass is 16.5. The van der Waals surface area contributed by atoms with E-state index in [1.165, 1.54) is 49.7 Å². The van der Waals surface area contributed by atoms with Crippen molar-refractivity contribution in [3.63, 3.8) is 0 Å². The second-order valence-corrected chi connectivity index (χ2v) is 9.43. The van der Waals surface area contributed by atoms with Gasteiger partial charge in [0, 0.05) is 5.41 Å². The van der Waals surface area contributed by atoms with E-state index in [1.807, 2.05) is 0 Å². The van der Waals surface area contributed by atoms with E-state index in [4.69, 9.17) is 19.7 Å². The Morgan fingerprint density at radius 1 is 0.800 bits per heavy atom. The molecule has 3 saturated carbocycles. The van der Waals surface area contributed by atoms with Crippen molar-refractivity contribution < 1.29 is 19.7 Å². The molecule has 2 aromatic carbocycles.